The summed E-state index contributed by atoms with van der Waals surface area (Å²) in [5.74, 6) is -0.306. The molecule has 2 aromatic carbocycles. The molecule has 1 unspecified atom stereocenters. The first-order valence-electron chi connectivity index (χ1n) is 6.30. The molecule has 0 saturated carbocycles. The van der Waals surface area contributed by atoms with Crippen molar-refractivity contribution in [1.82, 2.24) is 5.32 Å². The van der Waals surface area contributed by atoms with Crippen molar-refractivity contribution in [2.24, 2.45) is 0 Å². The second-order valence-corrected chi connectivity index (χ2v) is 5.16. The maximum atomic E-state index is 13.0. The summed E-state index contributed by atoms with van der Waals surface area (Å²) in [6, 6.07) is 12.9. The molecule has 0 aliphatic carbocycles. The van der Waals surface area contributed by atoms with Gasteiger partial charge in [-0.2, -0.15) is 0 Å². The van der Waals surface area contributed by atoms with E-state index < -0.39 is 0 Å². The molecule has 19 heavy (non-hydrogen) atoms. The maximum Gasteiger partial charge on any atom is 0.124 e. The third-order valence-electron chi connectivity index (χ3n) is 3.12. The summed E-state index contributed by atoms with van der Waals surface area (Å²) in [5.41, 5.74) is 3.38. The lowest BCUT2D eigenvalue weighted by Gasteiger charge is -2.16. The van der Waals surface area contributed by atoms with Crippen LogP contribution in [0, 0.1) is 12.7 Å². The molecule has 0 saturated heterocycles. The van der Waals surface area contributed by atoms with Gasteiger partial charge in [-0.15, -0.1) is 0 Å². The van der Waals surface area contributed by atoms with Crippen molar-refractivity contribution < 1.29 is 4.39 Å². The highest BCUT2D eigenvalue weighted by atomic mass is 35.5. The normalized spacial score (nSPS) is 12.4. The van der Waals surface area contributed by atoms with Crippen molar-refractivity contribution in [3.05, 3.63) is 70.0 Å². The van der Waals surface area contributed by atoms with Crippen LogP contribution in [0.5, 0.6) is 0 Å². The molecule has 100 valence electrons. The molecule has 0 aliphatic rings. The van der Waals surface area contributed by atoms with Gasteiger partial charge in [0.25, 0.3) is 0 Å². The topological polar surface area (TPSA) is 12.0 Å². The van der Waals surface area contributed by atoms with Gasteiger partial charge in [0.1, 0.15) is 5.82 Å². The average molecular weight is 278 g/mol. The van der Waals surface area contributed by atoms with E-state index in [0.29, 0.717) is 5.02 Å². The number of benzene rings is 2. The highest BCUT2D eigenvalue weighted by Crippen LogP contribution is 2.23. The minimum atomic E-state index is -0.306. The molecule has 0 amide bonds. The van der Waals surface area contributed by atoms with Crippen LogP contribution in [0.25, 0.3) is 0 Å². The van der Waals surface area contributed by atoms with Crippen LogP contribution in [0.1, 0.15) is 29.7 Å². The highest BCUT2D eigenvalue weighted by molar-refractivity contribution is 6.31. The molecule has 3 heteroatoms. The van der Waals surface area contributed by atoms with Crippen LogP contribution in [0.3, 0.4) is 0 Å². The Balaban J connectivity index is 2.03. The molecule has 2 rings (SSSR count). The summed E-state index contributed by atoms with van der Waals surface area (Å²) in [4.78, 5) is 0. The van der Waals surface area contributed by atoms with Gasteiger partial charge < -0.3 is 5.32 Å². The Hall–Kier alpha value is -1.38. The van der Waals surface area contributed by atoms with Crippen molar-refractivity contribution >= 4 is 11.6 Å². The third kappa shape index (κ3) is 3.79. The summed E-state index contributed by atoms with van der Waals surface area (Å²) in [6.07, 6.45) is 0. The summed E-state index contributed by atoms with van der Waals surface area (Å²) >= 11 is 6.05. The van der Waals surface area contributed by atoms with Crippen LogP contribution < -0.4 is 5.32 Å². The number of hydrogen-bond acceptors (Lipinski definition) is 1. The molecular weight excluding hydrogens is 261 g/mol. The van der Waals surface area contributed by atoms with E-state index in [9.17, 15) is 4.39 Å². The largest absolute Gasteiger partial charge is 0.306 e. The fraction of sp³-hybridized carbons (Fsp3) is 0.250. The summed E-state index contributed by atoms with van der Waals surface area (Å²) in [6.45, 7) is 4.86. The predicted octanol–water partition coefficient (Wildman–Crippen LogP) is 4.64. The molecule has 0 spiro atoms. The van der Waals surface area contributed by atoms with Crippen molar-refractivity contribution in [2.45, 2.75) is 26.4 Å². The van der Waals surface area contributed by atoms with Gasteiger partial charge in [0.15, 0.2) is 0 Å². The lowest BCUT2D eigenvalue weighted by Crippen LogP contribution is -2.18. The second kappa shape index (κ2) is 6.18. The van der Waals surface area contributed by atoms with E-state index in [2.05, 4.69) is 30.4 Å². The van der Waals surface area contributed by atoms with E-state index in [1.54, 1.807) is 6.07 Å². The van der Waals surface area contributed by atoms with Crippen molar-refractivity contribution in [3.8, 4) is 0 Å². The minimum absolute atomic E-state index is 0.0774. The van der Waals surface area contributed by atoms with Crippen LogP contribution in [-0.4, -0.2) is 0 Å². The van der Waals surface area contributed by atoms with E-state index in [1.165, 1.54) is 23.3 Å². The first-order chi connectivity index (χ1) is 9.06. The monoisotopic (exact) mass is 277 g/mol. The zero-order valence-corrected chi connectivity index (χ0v) is 11.8. The molecule has 2 aromatic rings. The van der Waals surface area contributed by atoms with E-state index in [1.807, 2.05) is 13.0 Å². The fourth-order valence-electron chi connectivity index (χ4n) is 2.06. The molecular formula is C16H17ClFN. The van der Waals surface area contributed by atoms with Gasteiger partial charge in [0.2, 0.25) is 0 Å². The molecule has 0 aliphatic heterocycles. The standard InChI is InChI=1S/C16H17ClFN/c1-11-4-3-5-13(8-11)10-19-12(2)15-7-6-14(18)9-16(15)17/h3-9,12,19H,10H2,1-2H3. The number of hydrogen-bond donors (Lipinski definition) is 1. The number of rotatable bonds is 4. The van der Waals surface area contributed by atoms with Gasteiger partial charge in [0.05, 0.1) is 0 Å². The molecule has 0 radical (unpaired) electrons. The maximum absolute atomic E-state index is 13.0. The smallest absolute Gasteiger partial charge is 0.124 e. The van der Waals surface area contributed by atoms with E-state index >= 15 is 0 Å². The molecule has 0 heterocycles. The van der Waals surface area contributed by atoms with Crippen molar-refractivity contribution in [1.29, 1.82) is 0 Å². The quantitative estimate of drug-likeness (QED) is 0.858. The average Bonchev–Trinajstić information content (AvgIpc) is 2.36. The molecule has 0 aromatic heterocycles. The van der Waals surface area contributed by atoms with Gasteiger partial charge in [0, 0.05) is 17.6 Å². The van der Waals surface area contributed by atoms with Gasteiger partial charge >= 0.3 is 0 Å². The second-order valence-electron chi connectivity index (χ2n) is 4.76. The van der Waals surface area contributed by atoms with Gasteiger partial charge in [-0.1, -0.05) is 47.5 Å². The SMILES string of the molecule is Cc1cccc(CNC(C)c2ccc(F)cc2Cl)c1. The van der Waals surface area contributed by atoms with Crippen LogP contribution in [-0.2, 0) is 6.54 Å². The molecule has 0 bridgehead atoms. The third-order valence-corrected chi connectivity index (χ3v) is 3.45. The summed E-state index contributed by atoms with van der Waals surface area (Å²) in [7, 11) is 0. The Kier molecular flexibility index (Phi) is 4.56. The Morgan fingerprint density at radius 1 is 1.21 bits per heavy atom. The highest BCUT2D eigenvalue weighted by Gasteiger charge is 2.09. The number of halogens is 2. The van der Waals surface area contributed by atoms with Crippen LogP contribution in [0.4, 0.5) is 4.39 Å². The predicted molar refractivity (Wildman–Crippen MR) is 77.8 cm³/mol. The first kappa shape index (κ1) is 14.0. The Labute approximate surface area is 118 Å². The van der Waals surface area contributed by atoms with Crippen molar-refractivity contribution in [2.75, 3.05) is 0 Å². The molecule has 0 fully saturated rings. The number of nitrogens with one attached hydrogen (secondary N) is 1. The lowest BCUT2D eigenvalue weighted by atomic mass is 10.1. The van der Waals surface area contributed by atoms with E-state index in [-0.39, 0.29) is 11.9 Å². The lowest BCUT2D eigenvalue weighted by molar-refractivity contribution is 0.571. The molecule has 1 nitrogen and oxygen atoms in total. The summed E-state index contributed by atoms with van der Waals surface area (Å²) < 4.78 is 13.0. The van der Waals surface area contributed by atoms with Gasteiger partial charge in [-0.25, -0.2) is 4.39 Å². The van der Waals surface area contributed by atoms with Gasteiger partial charge in [-0.05, 0) is 37.1 Å². The Morgan fingerprint density at radius 2 is 2.00 bits per heavy atom. The number of aryl methyl sites for hydroxylation is 1. The molecule has 1 N–H and O–H groups in total. The van der Waals surface area contributed by atoms with E-state index in [4.69, 9.17) is 11.6 Å². The first-order valence-corrected chi connectivity index (χ1v) is 6.68. The zero-order chi connectivity index (χ0) is 13.8. The Bertz CT molecular complexity index is 568. The van der Waals surface area contributed by atoms with E-state index in [0.717, 1.165) is 12.1 Å². The minimum Gasteiger partial charge on any atom is -0.306 e. The van der Waals surface area contributed by atoms with Gasteiger partial charge in [-0.3, -0.25) is 0 Å². The van der Waals surface area contributed by atoms with Crippen LogP contribution >= 0.6 is 11.6 Å². The Morgan fingerprint density at radius 3 is 2.68 bits per heavy atom. The zero-order valence-electron chi connectivity index (χ0n) is 11.1. The van der Waals surface area contributed by atoms with Crippen LogP contribution in [0.2, 0.25) is 5.02 Å². The van der Waals surface area contributed by atoms with Crippen LogP contribution in [0.15, 0.2) is 42.5 Å². The fourth-order valence-corrected chi connectivity index (χ4v) is 2.39. The molecule has 1 atom stereocenters. The van der Waals surface area contributed by atoms with Crippen molar-refractivity contribution in [3.63, 3.8) is 0 Å². The summed E-state index contributed by atoms with van der Waals surface area (Å²) in [5, 5.41) is 3.86.